The van der Waals surface area contributed by atoms with Gasteiger partial charge in [0, 0.05) is 5.56 Å². The number of rotatable bonds is 4. The Morgan fingerprint density at radius 3 is 1.94 bits per heavy atom. The minimum Gasteiger partial charge on any atom is -0.493 e. The molecule has 0 spiro atoms. The number of halogens is 3. The lowest BCUT2D eigenvalue weighted by Crippen LogP contribution is -2.17. The van der Waals surface area contributed by atoms with Gasteiger partial charge in [-0.1, -0.05) is 34.8 Å². The van der Waals surface area contributed by atoms with E-state index in [1.165, 1.54) is 21.3 Å². The van der Waals surface area contributed by atoms with Crippen LogP contribution in [0.4, 0.5) is 0 Å². The van der Waals surface area contributed by atoms with Crippen LogP contribution in [0.15, 0.2) is 12.1 Å². The van der Waals surface area contributed by atoms with Crippen molar-refractivity contribution in [3.63, 3.8) is 0 Å². The number of benzene rings is 1. The zero-order valence-electron chi connectivity index (χ0n) is 10.0. The highest BCUT2D eigenvalue weighted by molar-refractivity contribution is 6.68. The average molecular weight is 316 g/mol. The van der Waals surface area contributed by atoms with Crippen molar-refractivity contribution in [3.8, 4) is 17.2 Å². The van der Waals surface area contributed by atoms with Gasteiger partial charge in [-0.3, -0.25) is 0 Å². The highest BCUT2D eigenvalue weighted by atomic mass is 35.6. The molecule has 1 aromatic carbocycles. The van der Waals surface area contributed by atoms with Crippen LogP contribution in [0.2, 0.25) is 0 Å². The number of methoxy groups -OCH3 is 3. The molecule has 7 heteroatoms. The molecular formula is C11H13Cl3O4. The van der Waals surface area contributed by atoms with Crippen LogP contribution in [0.3, 0.4) is 0 Å². The van der Waals surface area contributed by atoms with Gasteiger partial charge in [0.15, 0.2) is 11.5 Å². The lowest BCUT2D eigenvalue weighted by Gasteiger charge is -2.23. The van der Waals surface area contributed by atoms with Gasteiger partial charge in [0.05, 0.1) is 21.3 Å². The first kappa shape index (κ1) is 15.5. The summed E-state index contributed by atoms with van der Waals surface area (Å²) in [4.78, 5) is 0. The van der Waals surface area contributed by atoms with Crippen molar-refractivity contribution in [2.24, 2.45) is 0 Å². The fourth-order valence-corrected chi connectivity index (χ4v) is 1.87. The molecule has 0 aliphatic rings. The lowest BCUT2D eigenvalue weighted by atomic mass is 10.1. The molecule has 1 aromatic rings. The maximum absolute atomic E-state index is 9.98. The normalized spacial score (nSPS) is 13.1. The third-order valence-electron chi connectivity index (χ3n) is 2.34. The average Bonchev–Trinajstić information content (AvgIpc) is 2.34. The van der Waals surface area contributed by atoms with Gasteiger partial charge in [0.25, 0.3) is 0 Å². The molecule has 0 saturated heterocycles. The summed E-state index contributed by atoms with van der Waals surface area (Å²) in [6.07, 6.45) is -1.35. The Balaban J connectivity index is 3.38. The minimum atomic E-state index is -1.87. The molecule has 102 valence electrons. The van der Waals surface area contributed by atoms with Crippen LogP contribution >= 0.6 is 34.8 Å². The third kappa shape index (κ3) is 3.06. The van der Waals surface area contributed by atoms with E-state index in [1.807, 2.05) is 0 Å². The van der Waals surface area contributed by atoms with Crippen molar-refractivity contribution < 1.29 is 19.3 Å². The van der Waals surface area contributed by atoms with Crippen molar-refractivity contribution in [2.75, 3.05) is 21.3 Å². The second kappa shape index (κ2) is 6.06. The van der Waals surface area contributed by atoms with E-state index in [2.05, 4.69) is 0 Å². The van der Waals surface area contributed by atoms with E-state index in [0.29, 0.717) is 17.1 Å². The van der Waals surface area contributed by atoms with Gasteiger partial charge < -0.3 is 19.3 Å². The van der Waals surface area contributed by atoms with Crippen molar-refractivity contribution in [3.05, 3.63) is 17.7 Å². The monoisotopic (exact) mass is 314 g/mol. The predicted octanol–water partition coefficient (Wildman–Crippen LogP) is 3.12. The Morgan fingerprint density at radius 2 is 1.56 bits per heavy atom. The van der Waals surface area contributed by atoms with Gasteiger partial charge in [-0.25, -0.2) is 0 Å². The summed E-state index contributed by atoms with van der Waals surface area (Å²) in [7, 11) is 4.36. The Morgan fingerprint density at radius 1 is 1.00 bits per heavy atom. The van der Waals surface area contributed by atoms with Gasteiger partial charge in [-0.05, 0) is 12.1 Å². The molecule has 18 heavy (non-hydrogen) atoms. The van der Waals surface area contributed by atoms with E-state index in [1.54, 1.807) is 12.1 Å². The second-order valence-corrected chi connectivity index (χ2v) is 5.74. The van der Waals surface area contributed by atoms with Gasteiger partial charge in [0.2, 0.25) is 9.54 Å². The maximum Gasteiger partial charge on any atom is 0.220 e. The summed E-state index contributed by atoms with van der Waals surface area (Å²) in [5.41, 5.74) is 0.301. The number of alkyl halides is 3. The molecule has 0 aliphatic carbocycles. The van der Waals surface area contributed by atoms with Crippen LogP contribution in [-0.4, -0.2) is 30.2 Å². The molecule has 0 saturated carbocycles. The Hall–Kier alpha value is -0.550. The van der Waals surface area contributed by atoms with E-state index in [-0.39, 0.29) is 5.75 Å². The van der Waals surface area contributed by atoms with E-state index in [0.717, 1.165) is 0 Å². The lowest BCUT2D eigenvalue weighted by molar-refractivity contribution is 0.176. The van der Waals surface area contributed by atoms with Crippen LogP contribution in [0.25, 0.3) is 0 Å². The van der Waals surface area contributed by atoms with Crippen LogP contribution in [0, 0.1) is 0 Å². The largest absolute Gasteiger partial charge is 0.493 e. The summed E-state index contributed by atoms with van der Waals surface area (Å²) in [5, 5.41) is 9.98. The molecule has 1 rings (SSSR count). The van der Waals surface area contributed by atoms with Crippen LogP contribution in [0.5, 0.6) is 17.2 Å². The Kier molecular flexibility index (Phi) is 5.22. The number of aliphatic hydroxyl groups excluding tert-OH is 1. The number of aliphatic hydroxyl groups is 1. The number of hydrogen-bond donors (Lipinski definition) is 1. The van der Waals surface area contributed by atoms with Crippen molar-refractivity contribution in [1.29, 1.82) is 0 Å². The summed E-state index contributed by atoms with van der Waals surface area (Å²) in [6.45, 7) is 0. The number of ether oxygens (including phenoxy) is 3. The molecule has 1 atom stereocenters. The SMILES string of the molecule is COc1ccc(C(O)C(Cl)(Cl)Cl)c(OC)c1OC. The van der Waals surface area contributed by atoms with Gasteiger partial charge in [0.1, 0.15) is 6.10 Å². The first-order valence-electron chi connectivity index (χ1n) is 4.90. The van der Waals surface area contributed by atoms with Crippen LogP contribution in [0.1, 0.15) is 11.7 Å². The molecule has 0 radical (unpaired) electrons. The van der Waals surface area contributed by atoms with E-state index in [9.17, 15) is 5.11 Å². The number of hydrogen-bond acceptors (Lipinski definition) is 4. The first-order chi connectivity index (χ1) is 8.36. The first-order valence-corrected chi connectivity index (χ1v) is 6.03. The predicted molar refractivity (Wildman–Crippen MR) is 71.3 cm³/mol. The summed E-state index contributed by atoms with van der Waals surface area (Å²) in [5.74, 6) is 1.04. The van der Waals surface area contributed by atoms with E-state index in [4.69, 9.17) is 49.0 Å². The van der Waals surface area contributed by atoms with Crippen molar-refractivity contribution in [2.45, 2.75) is 9.90 Å². The molecular weight excluding hydrogens is 302 g/mol. The van der Waals surface area contributed by atoms with Gasteiger partial charge in [-0.2, -0.15) is 0 Å². The molecule has 4 nitrogen and oxygen atoms in total. The molecule has 1 N–H and O–H groups in total. The topological polar surface area (TPSA) is 47.9 Å². The Labute approximate surface area is 120 Å². The quantitative estimate of drug-likeness (QED) is 0.867. The highest BCUT2D eigenvalue weighted by Crippen LogP contribution is 2.48. The van der Waals surface area contributed by atoms with E-state index < -0.39 is 9.90 Å². The maximum atomic E-state index is 9.98. The van der Waals surface area contributed by atoms with Crippen molar-refractivity contribution >= 4 is 34.8 Å². The zero-order chi connectivity index (χ0) is 13.9. The summed E-state index contributed by atoms with van der Waals surface area (Å²) in [6, 6.07) is 3.14. The zero-order valence-corrected chi connectivity index (χ0v) is 12.3. The minimum absolute atomic E-state index is 0.260. The van der Waals surface area contributed by atoms with Crippen molar-refractivity contribution in [1.82, 2.24) is 0 Å². The Bertz CT molecular complexity index is 417. The third-order valence-corrected chi connectivity index (χ3v) is 2.96. The standard InChI is InChI=1S/C11H13Cl3O4/c1-16-7-5-4-6(10(15)11(12,13)14)8(17-2)9(7)18-3/h4-5,10,15H,1-3H3. The molecule has 0 aromatic heterocycles. The van der Waals surface area contributed by atoms with Gasteiger partial charge in [-0.15, -0.1) is 0 Å². The fraction of sp³-hybridized carbons (Fsp3) is 0.455. The molecule has 0 fully saturated rings. The van der Waals surface area contributed by atoms with Crippen LogP contribution < -0.4 is 14.2 Å². The molecule has 0 bridgehead atoms. The fourth-order valence-electron chi connectivity index (χ4n) is 1.52. The van der Waals surface area contributed by atoms with E-state index >= 15 is 0 Å². The molecule has 0 aliphatic heterocycles. The van der Waals surface area contributed by atoms with Crippen LogP contribution in [-0.2, 0) is 0 Å². The summed E-state index contributed by atoms with van der Waals surface area (Å²) < 4.78 is 13.6. The molecule has 0 heterocycles. The summed E-state index contributed by atoms with van der Waals surface area (Å²) >= 11 is 17.0. The smallest absolute Gasteiger partial charge is 0.220 e. The highest BCUT2D eigenvalue weighted by Gasteiger charge is 2.35. The second-order valence-electron chi connectivity index (χ2n) is 3.37. The molecule has 1 unspecified atom stereocenters. The van der Waals surface area contributed by atoms with Gasteiger partial charge >= 0.3 is 0 Å². The molecule has 0 amide bonds.